The molecule has 82 valence electrons. The normalized spacial score (nSPS) is 10.2. The third-order valence-electron chi connectivity index (χ3n) is 2.61. The molecule has 0 atom stereocenters. The lowest BCUT2D eigenvalue weighted by atomic mass is 10.0. The fraction of sp³-hybridized carbons (Fsp3) is 0.143. The van der Waals surface area contributed by atoms with Crippen molar-refractivity contribution in [2.24, 2.45) is 0 Å². The van der Waals surface area contributed by atoms with Crippen molar-refractivity contribution in [2.75, 3.05) is 12.4 Å². The number of aryl methyl sites for hydroxylation is 1. The van der Waals surface area contributed by atoms with Gasteiger partial charge in [0, 0.05) is 23.3 Å². The van der Waals surface area contributed by atoms with Crippen molar-refractivity contribution in [3.8, 4) is 11.1 Å². The molecule has 0 aromatic heterocycles. The van der Waals surface area contributed by atoms with Gasteiger partial charge in [0.15, 0.2) is 0 Å². The van der Waals surface area contributed by atoms with E-state index in [-0.39, 0.29) is 0 Å². The number of rotatable bonds is 2. The van der Waals surface area contributed by atoms with Gasteiger partial charge in [-0.15, -0.1) is 0 Å². The summed E-state index contributed by atoms with van der Waals surface area (Å²) in [5, 5.41) is 3.94. The van der Waals surface area contributed by atoms with Crippen LogP contribution < -0.4 is 5.32 Å². The van der Waals surface area contributed by atoms with Crippen molar-refractivity contribution in [1.82, 2.24) is 0 Å². The monoisotopic (exact) mass is 231 g/mol. The molecule has 0 heterocycles. The van der Waals surface area contributed by atoms with Gasteiger partial charge in [0.1, 0.15) is 0 Å². The molecule has 2 rings (SSSR count). The molecule has 2 aromatic rings. The molecule has 0 aliphatic rings. The Morgan fingerprint density at radius 2 is 1.69 bits per heavy atom. The van der Waals surface area contributed by atoms with Gasteiger partial charge in [0.05, 0.1) is 0 Å². The number of nitrogens with one attached hydrogen (secondary N) is 1. The lowest BCUT2D eigenvalue weighted by molar-refractivity contribution is 1.45. The summed E-state index contributed by atoms with van der Waals surface area (Å²) in [6.45, 7) is 2.08. The second-order valence-electron chi connectivity index (χ2n) is 3.81. The van der Waals surface area contributed by atoms with Gasteiger partial charge < -0.3 is 5.32 Å². The molecule has 0 saturated heterocycles. The third kappa shape index (κ3) is 2.20. The minimum Gasteiger partial charge on any atom is -0.388 e. The van der Waals surface area contributed by atoms with Crippen LogP contribution >= 0.6 is 11.6 Å². The summed E-state index contributed by atoms with van der Waals surface area (Å²) in [5.41, 5.74) is 4.66. The molecule has 0 aliphatic heterocycles. The van der Waals surface area contributed by atoms with Crippen molar-refractivity contribution < 1.29 is 0 Å². The van der Waals surface area contributed by atoms with Crippen LogP contribution in [0, 0.1) is 6.92 Å². The van der Waals surface area contributed by atoms with Gasteiger partial charge in [-0.3, -0.25) is 0 Å². The summed E-state index contributed by atoms with van der Waals surface area (Å²) in [6, 6.07) is 14.3. The Morgan fingerprint density at radius 3 is 2.31 bits per heavy atom. The fourth-order valence-corrected chi connectivity index (χ4v) is 1.88. The molecule has 0 radical (unpaired) electrons. The van der Waals surface area contributed by atoms with Crippen LogP contribution in [0.5, 0.6) is 0 Å². The van der Waals surface area contributed by atoms with Crippen molar-refractivity contribution in [3.05, 3.63) is 53.1 Å². The summed E-state index contributed by atoms with van der Waals surface area (Å²) in [6.07, 6.45) is 0. The predicted octanol–water partition coefficient (Wildman–Crippen LogP) is 4.36. The summed E-state index contributed by atoms with van der Waals surface area (Å²) >= 11 is 6.03. The van der Waals surface area contributed by atoms with Gasteiger partial charge >= 0.3 is 0 Å². The maximum atomic E-state index is 6.03. The van der Waals surface area contributed by atoms with Crippen molar-refractivity contribution in [3.63, 3.8) is 0 Å². The first-order chi connectivity index (χ1) is 7.70. The Labute approximate surface area is 101 Å². The number of benzene rings is 2. The van der Waals surface area contributed by atoms with Crippen LogP contribution in [0.2, 0.25) is 5.02 Å². The standard InChI is InChI=1S/C14H14ClN/c1-10-3-5-11(6-4-10)13-9-12(15)7-8-14(13)16-2/h3-9,16H,1-2H3. The molecular formula is C14H14ClN. The van der Waals surface area contributed by atoms with E-state index in [1.165, 1.54) is 11.1 Å². The highest BCUT2D eigenvalue weighted by molar-refractivity contribution is 6.31. The van der Waals surface area contributed by atoms with E-state index < -0.39 is 0 Å². The molecule has 16 heavy (non-hydrogen) atoms. The predicted molar refractivity (Wildman–Crippen MR) is 71.2 cm³/mol. The molecule has 0 bridgehead atoms. The Morgan fingerprint density at radius 1 is 1.00 bits per heavy atom. The van der Waals surface area contributed by atoms with Crippen molar-refractivity contribution >= 4 is 17.3 Å². The molecule has 0 aliphatic carbocycles. The molecule has 1 N–H and O–H groups in total. The number of hydrogen-bond donors (Lipinski definition) is 1. The minimum atomic E-state index is 0.759. The van der Waals surface area contributed by atoms with Crippen LogP contribution in [0.1, 0.15) is 5.56 Å². The van der Waals surface area contributed by atoms with Crippen LogP contribution in [-0.2, 0) is 0 Å². The average molecular weight is 232 g/mol. The SMILES string of the molecule is CNc1ccc(Cl)cc1-c1ccc(C)cc1. The highest BCUT2D eigenvalue weighted by atomic mass is 35.5. The quantitative estimate of drug-likeness (QED) is 0.810. The second kappa shape index (κ2) is 4.58. The Balaban J connectivity index is 2.53. The molecule has 0 unspecified atom stereocenters. The number of anilines is 1. The zero-order valence-electron chi connectivity index (χ0n) is 9.42. The number of halogens is 1. The highest BCUT2D eigenvalue weighted by Crippen LogP contribution is 2.30. The van der Waals surface area contributed by atoms with Crippen molar-refractivity contribution in [2.45, 2.75) is 6.92 Å². The van der Waals surface area contributed by atoms with E-state index in [4.69, 9.17) is 11.6 Å². The number of hydrogen-bond acceptors (Lipinski definition) is 1. The summed E-state index contributed by atoms with van der Waals surface area (Å²) in [7, 11) is 1.92. The fourth-order valence-electron chi connectivity index (χ4n) is 1.71. The lowest BCUT2D eigenvalue weighted by Crippen LogP contribution is -1.91. The van der Waals surface area contributed by atoms with Crippen LogP contribution in [-0.4, -0.2) is 7.05 Å². The van der Waals surface area contributed by atoms with E-state index in [9.17, 15) is 0 Å². The Bertz CT molecular complexity index is 489. The van der Waals surface area contributed by atoms with Crippen LogP contribution in [0.3, 0.4) is 0 Å². The molecule has 0 saturated carbocycles. The van der Waals surface area contributed by atoms with Crippen LogP contribution in [0.15, 0.2) is 42.5 Å². The molecule has 0 spiro atoms. The Kier molecular flexibility index (Phi) is 3.16. The van der Waals surface area contributed by atoms with Gasteiger partial charge in [0.25, 0.3) is 0 Å². The van der Waals surface area contributed by atoms with E-state index in [0.29, 0.717) is 0 Å². The largest absolute Gasteiger partial charge is 0.388 e. The lowest BCUT2D eigenvalue weighted by Gasteiger charge is -2.10. The van der Waals surface area contributed by atoms with Gasteiger partial charge in [-0.05, 0) is 30.7 Å². The molecular weight excluding hydrogens is 218 g/mol. The Hall–Kier alpha value is -1.47. The summed E-state index contributed by atoms with van der Waals surface area (Å²) < 4.78 is 0. The maximum Gasteiger partial charge on any atom is 0.0418 e. The molecule has 1 nitrogen and oxygen atoms in total. The zero-order chi connectivity index (χ0) is 11.5. The maximum absolute atomic E-state index is 6.03. The van der Waals surface area contributed by atoms with Gasteiger partial charge in [0.2, 0.25) is 0 Å². The zero-order valence-corrected chi connectivity index (χ0v) is 10.2. The summed E-state index contributed by atoms with van der Waals surface area (Å²) in [4.78, 5) is 0. The van der Waals surface area contributed by atoms with E-state index in [1.54, 1.807) is 0 Å². The van der Waals surface area contributed by atoms with E-state index in [0.717, 1.165) is 16.3 Å². The molecule has 0 amide bonds. The molecule has 2 heteroatoms. The first-order valence-electron chi connectivity index (χ1n) is 5.25. The third-order valence-corrected chi connectivity index (χ3v) is 2.85. The highest BCUT2D eigenvalue weighted by Gasteiger charge is 2.04. The van der Waals surface area contributed by atoms with E-state index >= 15 is 0 Å². The minimum absolute atomic E-state index is 0.759. The first kappa shape index (κ1) is 11.0. The molecule has 0 fully saturated rings. The smallest absolute Gasteiger partial charge is 0.0418 e. The van der Waals surface area contributed by atoms with Gasteiger partial charge in [-0.2, -0.15) is 0 Å². The molecule has 2 aromatic carbocycles. The van der Waals surface area contributed by atoms with Crippen LogP contribution in [0.25, 0.3) is 11.1 Å². The first-order valence-corrected chi connectivity index (χ1v) is 5.63. The van der Waals surface area contributed by atoms with E-state index in [1.807, 2.05) is 25.2 Å². The summed E-state index contributed by atoms with van der Waals surface area (Å²) in [5.74, 6) is 0. The van der Waals surface area contributed by atoms with Crippen LogP contribution in [0.4, 0.5) is 5.69 Å². The van der Waals surface area contributed by atoms with E-state index in [2.05, 4.69) is 36.5 Å². The van der Waals surface area contributed by atoms with Gasteiger partial charge in [-0.1, -0.05) is 41.4 Å². The average Bonchev–Trinajstić information content (AvgIpc) is 2.30. The van der Waals surface area contributed by atoms with Gasteiger partial charge in [-0.25, -0.2) is 0 Å². The second-order valence-corrected chi connectivity index (χ2v) is 4.24. The topological polar surface area (TPSA) is 12.0 Å². The van der Waals surface area contributed by atoms with Crippen molar-refractivity contribution in [1.29, 1.82) is 0 Å².